The average Bonchev–Trinajstić information content (AvgIpc) is 3.01. The summed E-state index contributed by atoms with van der Waals surface area (Å²) in [4.78, 5) is 26.9. The molecular formula is C23H23NO6. The minimum absolute atomic E-state index is 0.0125. The van der Waals surface area contributed by atoms with E-state index in [4.69, 9.17) is 9.47 Å². The van der Waals surface area contributed by atoms with Gasteiger partial charge in [0.2, 0.25) is 0 Å². The zero-order valence-corrected chi connectivity index (χ0v) is 16.6. The summed E-state index contributed by atoms with van der Waals surface area (Å²) in [6.07, 6.45) is 1.62. The SMILES string of the molecule is C=CCOc1ccc(/C(O)=C2\C(=O)C(=O)N(CCOC)[C@@H]2c2ccc(O)cc2)cc1. The van der Waals surface area contributed by atoms with E-state index in [1.165, 1.54) is 24.1 Å². The Kier molecular flexibility index (Phi) is 6.54. The van der Waals surface area contributed by atoms with Gasteiger partial charge in [-0.25, -0.2) is 0 Å². The monoisotopic (exact) mass is 409 g/mol. The lowest BCUT2D eigenvalue weighted by molar-refractivity contribution is -0.140. The first-order chi connectivity index (χ1) is 14.5. The molecule has 0 saturated carbocycles. The van der Waals surface area contributed by atoms with Gasteiger partial charge in [0.1, 0.15) is 23.9 Å². The van der Waals surface area contributed by atoms with Gasteiger partial charge in [0.05, 0.1) is 18.2 Å². The fraction of sp³-hybridized carbons (Fsp3) is 0.217. The number of hydrogen-bond acceptors (Lipinski definition) is 6. The number of Topliss-reactive ketones (excluding diaryl/α,β-unsaturated/α-hetero) is 1. The topological polar surface area (TPSA) is 96.3 Å². The summed E-state index contributed by atoms with van der Waals surface area (Å²) in [6.45, 7) is 4.34. The van der Waals surface area contributed by atoms with Gasteiger partial charge in [-0.2, -0.15) is 0 Å². The predicted molar refractivity (Wildman–Crippen MR) is 111 cm³/mol. The molecule has 1 atom stereocenters. The summed E-state index contributed by atoms with van der Waals surface area (Å²) in [6, 6.07) is 11.9. The van der Waals surface area contributed by atoms with Crippen LogP contribution in [0.3, 0.4) is 0 Å². The number of ether oxygens (including phenoxy) is 2. The molecule has 0 unspecified atom stereocenters. The molecule has 0 radical (unpaired) electrons. The smallest absolute Gasteiger partial charge is 0.295 e. The van der Waals surface area contributed by atoms with Crippen LogP contribution in [-0.4, -0.2) is 53.7 Å². The van der Waals surface area contributed by atoms with E-state index in [0.717, 1.165) is 0 Å². The summed E-state index contributed by atoms with van der Waals surface area (Å²) >= 11 is 0. The molecule has 2 aromatic rings. The highest BCUT2D eigenvalue weighted by molar-refractivity contribution is 6.46. The van der Waals surface area contributed by atoms with Crippen molar-refractivity contribution in [3.63, 3.8) is 0 Å². The quantitative estimate of drug-likeness (QED) is 0.301. The van der Waals surface area contributed by atoms with Crippen molar-refractivity contribution >= 4 is 17.4 Å². The maximum atomic E-state index is 12.8. The minimum atomic E-state index is -0.794. The lowest BCUT2D eigenvalue weighted by atomic mass is 9.95. The Hall–Kier alpha value is -3.58. The standard InChI is InChI=1S/C23H23NO6/c1-3-13-30-18-10-6-16(7-11-18)21(26)19-20(15-4-8-17(25)9-5-15)24(12-14-29-2)23(28)22(19)27/h3-11,20,25-26H,1,12-14H2,2H3/b21-19+/t20-/m1/s1. The van der Waals surface area contributed by atoms with Crippen LogP contribution in [0.25, 0.3) is 5.76 Å². The molecule has 0 aliphatic carbocycles. The van der Waals surface area contributed by atoms with E-state index in [1.807, 2.05) is 0 Å². The summed E-state index contributed by atoms with van der Waals surface area (Å²) in [5, 5.41) is 20.6. The molecule has 2 N–H and O–H groups in total. The molecule has 156 valence electrons. The van der Waals surface area contributed by atoms with E-state index >= 15 is 0 Å². The number of hydrogen-bond donors (Lipinski definition) is 2. The van der Waals surface area contributed by atoms with Gasteiger partial charge in [-0.15, -0.1) is 0 Å². The number of nitrogens with zero attached hydrogens (tertiary/aromatic N) is 1. The van der Waals surface area contributed by atoms with Crippen molar-refractivity contribution in [3.8, 4) is 11.5 Å². The van der Waals surface area contributed by atoms with Crippen LogP contribution in [0, 0.1) is 0 Å². The van der Waals surface area contributed by atoms with Crippen molar-refractivity contribution in [2.75, 3.05) is 26.9 Å². The normalized spacial score (nSPS) is 17.9. The molecule has 1 heterocycles. The highest BCUT2D eigenvalue weighted by Crippen LogP contribution is 2.39. The van der Waals surface area contributed by atoms with Crippen LogP contribution in [0.15, 0.2) is 66.8 Å². The second kappa shape index (κ2) is 9.28. The molecule has 0 spiro atoms. The fourth-order valence-corrected chi connectivity index (χ4v) is 3.32. The Bertz CT molecular complexity index is 962. The number of aromatic hydroxyl groups is 1. The lowest BCUT2D eigenvalue weighted by Gasteiger charge is -2.25. The Morgan fingerprint density at radius 2 is 1.80 bits per heavy atom. The third kappa shape index (κ3) is 4.21. The van der Waals surface area contributed by atoms with Crippen LogP contribution in [0.2, 0.25) is 0 Å². The van der Waals surface area contributed by atoms with Gasteiger partial charge >= 0.3 is 0 Å². The van der Waals surface area contributed by atoms with Crippen molar-refractivity contribution in [2.24, 2.45) is 0 Å². The first-order valence-electron chi connectivity index (χ1n) is 9.38. The van der Waals surface area contributed by atoms with E-state index in [0.29, 0.717) is 23.5 Å². The highest BCUT2D eigenvalue weighted by atomic mass is 16.5. The number of carbonyl (C=O) groups excluding carboxylic acids is 2. The summed E-state index contributed by atoms with van der Waals surface area (Å²) in [5.74, 6) is -1.11. The molecule has 7 heteroatoms. The molecular weight excluding hydrogens is 386 g/mol. The average molecular weight is 409 g/mol. The number of likely N-dealkylation sites (tertiary alicyclic amines) is 1. The van der Waals surface area contributed by atoms with Crippen molar-refractivity contribution in [3.05, 3.63) is 77.9 Å². The van der Waals surface area contributed by atoms with Crippen molar-refractivity contribution in [1.82, 2.24) is 4.90 Å². The Morgan fingerprint density at radius 3 is 2.40 bits per heavy atom. The van der Waals surface area contributed by atoms with Crippen molar-refractivity contribution in [2.45, 2.75) is 6.04 Å². The summed E-state index contributed by atoms with van der Waals surface area (Å²) in [5.41, 5.74) is 0.964. The maximum absolute atomic E-state index is 12.8. The number of aliphatic hydroxyl groups excluding tert-OH is 1. The minimum Gasteiger partial charge on any atom is -0.508 e. The number of methoxy groups -OCH3 is 1. The van der Waals surface area contributed by atoms with Gasteiger partial charge in [0.25, 0.3) is 11.7 Å². The molecule has 3 rings (SSSR count). The Labute approximate surface area is 174 Å². The summed E-state index contributed by atoms with van der Waals surface area (Å²) in [7, 11) is 1.50. The molecule has 0 bridgehead atoms. The van der Waals surface area contributed by atoms with Gasteiger partial charge in [0.15, 0.2) is 0 Å². The molecule has 0 aromatic heterocycles. The Balaban J connectivity index is 2.05. The largest absolute Gasteiger partial charge is 0.508 e. The van der Waals surface area contributed by atoms with Gasteiger partial charge in [-0.1, -0.05) is 24.8 Å². The second-order valence-electron chi connectivity index (χ2n) is 6.70. The van der Waals surface area contributed by atoms with Gasteiger partial charge < -0.3 is 24.6 Å². The molecule has 7 nitrogen and oxygen atoms in total. The second-order valence-corrected chi connectivity index (χ2v) is 6.70. The van der Waals surface area contributed by atoms with E-state index in [2.05, 4.69) is 6.58 Å². The molecule has 1 aliphatic rings. The van der Waals surface area contributed by atoms with Gasteiger partial charge in [0, 0.05) is 19.2 Å². The van der Waals surface area contributed by atoms with Crippen LogP contribution in [0.5, 0.6) is 11.5 Å². The first kappa shape index (κ1) is 21.1. The molecule has 2 aromatic carbocycles. The lowest BCUT2D eigenvalue weighted by Crippen LogP contribution is -2.32. The third-order valence-electron chi connectivity index (χ3n) is 4.78. The number of carbonyl (C=O) groups is 2. The summed E-state index contributed by atoms with van der Waals surface area (Å²) < 4.78 is 10.5. The number of rotatable bonds is 8. The van der Waals surface area contributed by atoms with E-state index in [9.17, 15) is 19.8 Å². The van der Waals surface area contributed by atoms with Crippen molar-refractivity contribution in [1.29, 1.82) is 0 Å². The van der Waals surface area contributed by atoms with Crippen LogP contribution in [0.1, 0.15) is 17.2 Å². The number of benzene rings is 2. The van der Waals surface area contributed by atoms with Crippen molar-refractivity contribution < 1.29 is 29.3 Å². The molecule has 1 amide bonds. The number of amides is 1. The number of phenolic OH excluding ortho intramolecular Hbond substituents is 1. The zero-order valence-electron chi connectivity index (χ0n) is 16.6. The van der Waals surface area contributed by atoms with E-state index in [-0.39, 0.29) is 30.2 Å². The number of aliphatic hydroxyl groups is 1. The molecule has 1 fully saturated rings. The zero-order chi connectivity index (χ0) is 21.7. The molecule has 30 heavy (non-hydrogen) atoms. The third-order valence-corrected chi connectivity index (χ3v) is 4.78. The number of phenols is 1. The Morgan fingerprint density at radius 1 is 1.13 bits per heavy atom. The van der Waals surface area contributed by atoms with E-state index < -0.39 is 17.7 Å². The molecule has 1 saturated heterocycles. The number of ketones is 1. The highest BCUT2D eigenvalue weighted by Gasteiger charge is 2.45. The molecule has 1 aliphatic heterocycles. The van der Waals surface area contributed by atoms with Crippen LogP contribution >= 0.6 is 0 Å². The maximum Gasteiger partial charge on any atom is 0.295 e. The van der Waals surface area contributed by atoms with Crippen LogP contribution < -0.4 is 4.74 Å². The van der Waals surface area contributed by atoms with Gasteiger partial charge in [-0.05, 0) is 42.0 Å². The van der Waals surface area contributed by atoms with Crippen LogP contribution in [0.4, 0.5) is 0 Å². The predicted octanol–water partition coefficient (Wildman–Crippen LogP) is 3.03. The first-order valence-corrected chi connectivity index (χ1v) is 9.38. The van der Waals surface area contributed by atoms with E-state index in [1.54, 1.807) is 42.5 Å². The van der Waals surface area contributed by atoms with Gasteiger partial charge in [-0.3, -0.25) is 9.59 Å². The van der Waals surface area contributed by atoms with Crippen LogP contribution in [-0.2, 0) is 14.3 Å². The fourth-order valence-electron chi connectivity index (χ4n) is 3.32.